The van der Waals surface area contributed by atoms with Crippen molar-refractivity contribution in [3.05, 3.63) is 121 Å². The normalized spacial score (nSPS) is 11.5. The van der Waals surface area contributed by atoms with E-state index in [9.17, 15) is 4.57 Å². The van der Waals surface area contributed by atoms with Crippen molar-refractivity contribution in [3.63, 3.8) is 0 Å². The summed E-state index contributed by atoms with van der Waals surface area (Å²) in [6.45, 7) is 0.476. The fourth-order valence-corrected chi connectivity index (χ4v) is 6.47. The van der Waals surface area contributed by atoms with Gasteiger partial charge in [-0.25, -0.2) is 0 Å². The molecule has 0 radical (unpaired) electrons. The lowest BCUT2D eigenvalue weighted by atomic mass is 10.2. The molecule has 0 bridgehead atoms. The van der Waals surface area contributed by atoms with Crippen LogP contribution in [0.3, 0.4) is 0 Å². The van der Waals surface area contributed by atoms with Gasteiger partial charge in [0.1, 0.15) is 12.4 Å². The molecule has 0 fully saturated rings. The molecule has 0 saturated heterocycles. The summed E-state index contributed by atoms with van der Waals surface area (Å²) in [6.07, 6.45) is 0. The molecule has 3 nitrogen and oxygen atoms in total. The van der Waals surface area contributed by atoms with Crippen LogP contribution in [0.15, 0.2) is 115 Å². The molecule has 0 aliphatic rings. The second kappa shape index (κ2) is 8.29. The Morgan fingerprint density at radius 1 is 0.677 bits per heavy atom. The Bertz CT molecular complexity index is 1300. The molecule has 0 unspecified atom stereocenters. The summed E-state index contributed by atoms with van der Waals surface area (Å²) < 4.78 is 20.7. The molecule has 5 rings (SSSR count). The second-order valence-electron chi connectivity index (χ2n) is 7.43. The van der Waals surface area contributed by atoms with Crippen molar-refractivity contribution >= 4 is 34.1 Å². The van der Waals surface area contributed by atoms with E-state index < -0.39 is 7.14 Å². The van der Waals surface area contributed by atoms with Crippen LogP contribution >= 0.6 is 7.14 Å². The summed E-state index contributed by atoms with van der Waals surface area (Å²) in [6, 6.07) is 37.4. The van der Waals surface area contributed by atoms with Gasteiger partial charge in [-0.05, 0) is 17.7 Å². The highest BCUT2D eigenvalue weighted by molar-refractivity contribution is 7.85. The molecule has 152 valence electrons. The molecule has 0 spiro atoms. The number of para-hydroxylation sites is 1. The highest BCUT2D eigenvalue weighted by Gasteiger charge is 2.31. The van der Waals surface area contributed by atoms with Crippen molar-refractivity contribution in [1.82, 2.24) is 4.98 Å². The Balaban J connectivity index is 1.60. The zero-order valence-electron chi connectivity index (χ0n) is 16.9. The van der Waals surface area contributed by atoms with E-state index in [2.05, 4.69) is 4.98 Å². The van der Waals surface area contributed by atoms with Crippen molar-refractivity contribution in [2.75, 3.05) is 0 Å². The number of rotatable bonds is 6. The third kappa shape index (κ3) is 3.69. The number of hydrogen-bond acceptors (Lipinski definition) is 2. The molecular formula is C27H22NO2P. The van der Waals surface area contributed by atoms with E-state index in [1.807, 2.05) is 115 Å². The summed E-state index contributed by atoms with van der Waals surface area (Å²) in [5.41, 5.74) is 2.67. The van der Waals surface area contributed by atoms with E-state index in [1.54, 1.807) is 0 Å². The van der Waals surface area contributed by atoms with Gasteiger partial charge in [-0.15, -0.1) is 0 Å². The fraction of sp³-hybridized carbons (Fsp3) is 0.0370. The SMILES string of the molecule is O=P(c1ccccc1)(c1ccccc1)c1cc2cccc(OCc3ccccc3)c2[nH]1. The van der Waals surface area contributed by atoms with Gasteiger partial charge < -0.3 is 14.3 Å². The number of fused-ring (bicyclic) bond motifs is 1. The van der Waals surface area contributed by atoms with Gasteiger partial charge >= 0.3 is 0 Å². The lowest BCUT2D eigenvalue weighted by Gasteiger charge is -2.18. The molecule has 0 amide bonds. The smallest absolute Gasteiger partial charge is 0.186 e. The van der Waals surface area contributed by atoms with Crippen LogP contribution in [-0.4, -0.2) is 4.98 Å². The number of ether oxygens (including phenoxy) is 1. The average molecular weight is 423 g/mol. The van der Waals surface area contributed by atoms with Crippen molar-refractivity contribution < 1.29 is 9.30 Å². The van der Waals surface area contributed by atoms with E-state index in [4.69, 9.17) is 4.74 Å². The number of H-pyrrole nitrogens is 1. The minimum Gasteiger partial charge on any atom is -0.487 e. The summed E-state index contributed by atoms with van der Waals surface area (Å²) >= 11 is 0. The highest BCUT2D eigenvalue weighted by Crippen LogP contribution is 2.43. The monoisotopic (exact) mass is 423 g/mol. The van der Waals surface area contributed by atoms with E-state index in [-0.39, 0.29) is 0 Å². The molecule has 0 saturated carbocycles. The number of aromatic nitrogens is 1. The standard InChI is InChI=1S/C27H22NO2P/c29-31(23-14-6-2-7-15-23,24-16-8-3-9-17-24)26-19-22-13-10-18-25(27(22)28-26)30-20-21-11-4-1-5-12-21/h1-19,28H,20H2. The number of hydrogen-bond donors (Lipinski definition) is 1. The summed E-state index contributed by atoms with van der Waals surface area (Å²) in [5, 5.41) is 2.59. The zero-order chi connectivity index (χ0) is 21.1. The first-order valence-electron chi connectivity index (χ1n) is 10.3. The van der Waals surface area contributed by atoms with Gasteiger partial charge in [0, 0.05) is 16.0 Å². The fourth-order valence-electron chi connectivity index (χ4n) is 3.84. The molecule has 1 heterocycles. The van der Waals surface area contributed by atoms with Crippen LogP contribution in [0.4, 0.5) is 0 Å². The van der Waals surface area contributed by atoms with Gasteiger partial charge in [-0.3, -0.25) is 0 Å². The van der Waals surface area contributed by atoms with E-state index in [0.29, 0.717) is 12.0 Å². The topological polar surface area (TPSA) is 42.1 Å². The van der Waals surface area contributed by atoms with Gasteiger partial charge in [0.15, 0.2) is 7.14 Å². The first kappa shape index (κ1) is 19.4. The van der Waals surface area contributed by atoms with Gasteiger partial charge in [0.2, 0.25) is 0 Å². The summed E-state index contributed by atoms with van der Waals surface area (Å²) in [7, 11) is -3.06. The van der Waals surface area contributed by atoms with Crippen LogP contribution in [0.2, 0.25) is 0 Å². The van der Waals surface area contributed by atoms with E-state index >= 15 is 0 Å². The van der Waals surface area contributed by atoms with Gasteiger partial charge in [-0.1, -0.05) is 103 Å². The lowest BCUT2D eigenvalue weighted by Crippen LogP contribution is -2.25. The summed E-state index contributed by atoms with van der Waals surface area (Å²) in [5.74, 6) is 0.750. The van der Waals surface area contributed by atoms with E-state index in [0.717, 1.165) is 32.8 Å². The van der Waals surface area contributed by atoms with Crippen LogP contribution in [0, 0.1) is 0 Å². The van der Waals surface area contributed by atoms with Crippen molar-refractivity contribution in [1.29, 1.82) is 0 Å². The molecular weight excluding hydrogens is 401 g/mol. The third-order valence-corrected chi connectivity index (χ3v) is 8.39. The number of nitrogens with one attached hydrogen (secondary N) is 1. The Morgan fingerprint density at radius 2 is 1.26 bits per heavy atom. The van der Waals surface area contributed by atoms with Crippen LogP contribution in [-0.2, 0) is 11.2 Å². The first-order chi connectivity index (χ1) is 15.2. The highest BCUT2D eigenvalue weighted by atomic mass is 31.2. The molecule has 1 N–H and O–H groups in total. The first-order valence-corrected chi connectivity index (χ1v) is 12.0. The second-order valence-corrected chi connectivity index (χ2v) is 10.2. The van der Waals surface area contributed by atoms with Gasteiger partial charge in [0.05, 0.1) is 11.0 Å². The maximum atomic E-state index is 14.6. The van der Waals surface area contributed by atoms with Crippen LogP contribution in [0.25, 0.3) is 10.9 Å². The van der Waals surface area contributed by atoms with Crippen molar-refractivity contribution in [3.8, 4) is 5.75 Å². The largest absolute Gasteiger partial charge is 0.487 e. The number of benzene rings is 4. The molecule has 4 aromatic carbocycles. The number of aromatic amines is 1. The Labute approximate surface area is 181 Å². The predicted octanol–water partition coefficient (Wildman–Crippen LogP) is 5.39. The van der Waals surface area contributed by atoms with Gasteiger partial charge in [-0.2, -0.15) is 0 Å². The zero-order valence-corrected chi connectivity index (χ0v) is 17.8. The average Bonchev–Trinajstić information content (AvgIpc) is 3.29. The minimum atomic E-state index is -3.06. The maximum absolute atomic E-state index is 14.6. The molecule has 0 atom stereocenters. The third-order valence-electron chi connectivity index (χ3n) is 5.42. The Morgan fingerprint density at radius 3 is 1.87 bits per heavy atom. The van der Waals surface area contributed by atoms with Crippen molar-refractivity contribution in [2.45, 2.75) is 6.61 Å². The molecule has 31 heavy (non-hydrogen) atoms. The van der Waals surface area contributed by atoms with E-state index in [1.165, 1.54) is 0 Å². The van der Waals surface area contributed by atoms with Gasteiger partial charge in [0.25, 0.3) is 0 Å². The van der Waals surface area contributed by atoms with Crippen molar-refractivity contribution in [2.24, 2.45) is 0 Å². The lowest BCUT2D eigenvalue weighted by molar-refractivity contribution is 0.309. The summed E-state index contributed by atoms with van der Waals surface area (Å²) in [4.78, 5) is 3.45. The minimum absolute atomic E-state index is 0.476. The quantitative estimate of drug-likeness (QED) is 0.372. The Hall–Kier alpha value is -3.55. The van der Waals surface area contributed by atoms with Crippen LogP contribution in [0.5, 0.6) is 5.75 Å². The molecule has 0 aliphatic carbocycles. The predicted molar refractivity (Wildman–Crippen MR) is 128 cm³/mol. The van der Waals surface area contributed by atoms with Crippen LogP contribution < -0.4 is 20.8 Å². The Kier molecular flexibility index (Phi) is 5.19. The maximum Gasteiger partial charge on any atom is 0.186 e. The molecule has 0 aliphatic heterocycles. The molecule has 4 heteroatoms. The molecule has 1 aromatic heterocycles. The van der Waals surface area contributed by atoms with Crippen LogP contribution in [0.1, 0.15) is 5.56 Å². The molecule has 5 aromatic rings.